The Labute approximate surface area is 175 Å². The van der Waals surface area contributed by atoms with Crippen molar-refractivity contribution < 1.29 is 9.53 Å². The minimum absolute atomic E-state index is 0.0353. The quantitative estimate of drug-likeness (QED) is 0.246. The van der Waals surface area contributed by atoms with Crippen LogP contribution in [0.2, 0.25) is 0 Å². The Kier molecular flexibility index (Phi) is 8.19. The molecule has 2 rings (SSSR count). The lowest BCUT2D eigenvalue weighted by Crippen LogP contribution is -2.08. The first-order chi connectivity index (χ1) is 14.4. The first-order valence-corrected chi connectivity index (χ1v) is 9.16. The smallest absolute Gasteiger partial charge is 0.248 e. The van der Waals surface area contributed by atoms with E-state index in [-0.39, 0.29) is 11.8 Å². The Bertz CT molecular complexity index is 989. The highest BCUT2D eigenvalue weighted by Gasteiger charge is 2.07. The van der Waals surface area contributed by atoms with Crippen LogP contribution >= 0.6 is 0 Å². The number of nitrogens with one attached hydrogen (secondary N) is 4. The lowest BCUT2D eigenvalue weighted by molar-refractivity contribution is -0.111. The number of amides is 1. The maximum absolute atomic E-state index is 12.3. The van der Waals surface area contributed by atoms with Crippen molar-refractivity contribution in [3.05, 3.63) is 71.2 Å². The van der Waals surface area contributed by atoms with Crippen LogP contribution in [0.4, 0.5) is 5.69 Å². The van der Waals surface area contributed by atoms with Gasteiger partial charge in [0.05, 0.1) is 0 Å². The minimum Gasteiger partial charge on any atom is -0.433 e. The molecule has 1 aromatic carbocycles. The molecular formula is C22H24N6O2. The molecule has 1 aromatic heterocycles. The Morgan fingerprint density at radius 1 is 1.23 bits per heavy atom. The average molecular weight is 404 g/mol. The van der Waals surface area contributed by atoms with Crippen molar-refractivity contribution in [1.29, 1.82) is 16.2 Å². The van der Waals surface area contributed by atoms with Gasteiger partial charge in [0.1, 0.15) is 0 Å². The van der Waals surface area contributed by atoms with E-state index in [2.05, 4.69) is 15.0 Å². The second kappa shape index (κ2) is 11.1. The molecule has 0 saturated heterocycles. The van der Waals surface area contributed by atoms with Crippen LogP contribution in [0.1, 0.15) is 30.0 Å². The summed E-state index contributed by atoms with van der Waals surface area (Å²) >= 11 is 0. The van der Waals surface area contributed by atoms with Crippen LogP contribution in [0.25, 0.3) is 11.6 Å². The fourth-order valence-corrected chi connectivity index (χ4v) is 2.68. The fourth-order valence-electron chi connectivity index (χ4n) is 2.68. The highest BCUT2D eigenvalue weighted by molar-refractivity contribution is 6.11. The molecule has 30 heavy (non-hydrogen) atoms. The van der Waals surface area contributed by atoms with Crippen LogP contribution in [-0.2, 0) is 16.0 Å². The van der Waals surface area contributed by atoms with Crippen molar-refractivity contribution in [1.82, 2.24) is 4.98 Å². The second-order valence-electron chi connectivity index (χ2n) is 6.38. The van der Waals surface area contributed by atoms with Crippen molar-refractivity contribution in [2.45, 2.75) is 19.8 Å². The van der Waals surface area contributed by atoms with Gasteiger partial charge >= 0.3 is 0 Å². The molecule has 0 aliphatic rings. The molecule has 0 spiro atoms. The average Bonchev–Trinajstić information content (AvgIpc) is 2.73. The summed E-state index contributed by atoms with van der Waals surface area (Å²) in [4.78, 5) is 16.4. The van der Waals surface area contributed by atoms with Crippen molar-refractivity contribution in [2.24, 2.45) is 5.73 Å². The van der Waals surface area contributed by atoms with Crippen LogP contribution in [0.3, 0.4) is 0 Å². The molecule has 2 aromatic rings. The van der Waals surface area contributed by atoms with Crippen LogP contribution < -0.4 is 11.1 Å². The number of nitrogens with two attached hydrogens (primary N) is 1. The molecule has 1 heterocycles. The van der Waals surface area contributed by atoms with E-state index >= 15 is 0 Å². The molecule has 0 bridgehead atoms. The summed E-state index contributed by atoms with van der Waals surface area (Å²) < 4.78 is 4.68. The molecule has 0 atom stereocenters. The zero-order valence-electron chi connectivity index (χ0n) is 16.6. The van der Waals surface area contributed by atoms with Gasteiger partial charge in [0, 0.05) is 53.6 Å². The third-order valence-electron chi connectivity index (χ3n) is 4.19. The van der Waals surface area contributed by atoms with Gasteiger partial charge in [-0.3, -0.25) is 20.6 Å². The summed E-state index contributed by atoms with van der Waals surface area (Å²) in [5.74, 6) is -0.267. The highest BCUT2D eigenvalue weighted by atomic mass is 16.5. The van der Waals surface area contributed by atoms with Crippen molar-refractivity contribution in [2.75, 3.05) is 5.32 Å². The number of hydrogen-bond acceptors (Lipinski definition) is 7. The summed E-state index contributed by atoms with van der Waals surface area (Å²) in [5, 5.41) is 24.7. The third-order valence-corrected chi connectivity index (χ3v) is 4.19. The van der Waals surface area contributed by atoms with E-state index in [1.807, 2.05) is 12.1 Å². The highest BCUT2D eigenvalue weighted by Crippen LogP contribution is 2.20. The van der Waals surface area contributed by atoms with Gasteiger partial charge in [0.25, 0.3) is 0 Å². The largest absolute Gasteiger partial charge is 0.433 e. The number of benzene rings is 1. The van der Waals surface area contributed by atoms with E-state index in [0.29, 0.717) is 35.4 Å². The summed E-state index contributed by atoms with van der Waals surface area (Å²) in [6, 6.07) is 9.04. The Morgan fingerprint density at radius 2 is 1.97 bits per heavy atom. The Morgan fingerprint density at radius 3 is 2.60 bits per heavy atom. The van der Waals surface area contributed by atoms with E-state index in [4.69, 9.17) is 22.0 Å². The van der Waals surface area contributed by atoms with Crippen LogP contribution in [0.5, 0.6) is 0 Å². The Hall–Kier alpha value is -4.07. The Balaban J connectivity index is 2.02. The molecule has 0 fully saturated rings. The molecule has 8 nitrogen and oxygen atoms in total. The zero-order chi connectivity index (χ0) is 21.9. The second-order valence-corrected chi connectivity index (χ2v) is 6.38. The summed E-state index contributed by atoms with van der Waals surface area (Å²) in [6.45, 7) is 1.72. The first kappa shape index (κ1) is 22.2. The van der Waals surface area contributed by atoms with Gasteiger partial charge in [-0.25, -0.2) is 0 Å². The summed E-state index contributed by atoms with van der Waals surface area (Å²) in [5.41, 5.74) is 9.97. The SMILES string of the molecule is CC(N)=C(C=N)c1ccncc1/C=C/C(=O)Nc1ccc(CCC(=N)OC=N)cc1. The van der Waals surface area contributed by atoms with Crippen molar-refractivity contribution in [3.63, 3.8) is 0 Å². The van der Waals surface area contributed by atoms with E-state index in [1.54, 1.807) is 43.6 Å². The number of aryl methyl sites for hydroxylation is 1. The fraction of sp³-hybridized carbons (Fsp3) is 0.136. The van der Waals surface area contributed by atoms with E-state index in [0.717, 1.165) is 17.5 Å². The lowest BCUT2D eigenvalue weighted by atomic mass is 10.0. The molecular weight excluding hydrogens is 380 g/mol. The van der Waals surface area contributed by atoms with Crippen LogP contribution in [-0.4, -0.2) is 29.4 Å². The van der Waals surface area contributed by atoms with Crippen LogP contribution in [0.15, 0.2) is 54.5 Å². The molecule has 0 saturated carbocycles. The predicted octanol–water partition coefficient (Wildman–Crippen LogP) is 3.61. The maximum Gasteiger partial charge on any atom is 0.248 e. The molecule has 0 radical (unpaired) electrons. The van der Waals surface area contributed by atoms with E-state index in [9.17, 15) is 4.79 Å². The normalized spacial score (nSPS) is 11.5. The number of anilines is 1. The number of aromatic nitrogens is 1. The van der Waals surface area contributed by atoms with Gasteiger partial charge in [-0.2, -0.15) is 0 Å². The molecule has 6 N–H and O–H groups in total. The van der Waals surface area contributed by atoms with Gasteiger partial charge < -0.3 is 21.2 Å². The lowest BCUT2D eigenvalue weighted by Gasteiger charge is -2.08. The number of ether oxygens (including phenoxy) is 1. The molecule has 0 aliphatic carbocycles. The van der Waals surface area contributed by atoms with Gasteiger partial charge in [-0.05, 0) is 48.7 Å². The predicted molar refractivity (Wildman–Crippen MR) is 120 cm³/mol. The molecule has 1 amide bonds. The van der Waals surface area contributed by atoms with Gasteiger partial charge in [0.2, 0.25) is 5.91 Å². The number of nitrogens with zero attached hydrogens (tertiary/aromatic N) is 1. The van der Waals surface area contributed by atoms with Crippen LogP contribution in [0, 0.1) is 16.2 Å². The molecule has 154 valence electrons. The van der Waals surface area contributed by atoms with Crippen molar-refractivity contribution in [3.8, 4) is 0 Å². The minimum atomic E-state index is -0.302. The van der Waals surface area contributed by atoms with E-state index < -0.39 is 0 Å². The van der Waals surface area contributed by atoms with E-state index in [1.165, 1.54) is 12.3 Å². The zero-order valence-corrected chi connectivity index (χ0v) is 16.6. The van der Waals surface area contributed by atoms with Gasteiger partial charge in [0.15, 0.2) is 12.3 Å². The summed E-state index contributed by atoms with van der Waals surface area (Å²) in [7, 11) is 0. The number of carbonyl (C=O) groups excluding carboxylic acids is 1. The maximum atomic E-state index is 12.3. The van der Waals surface area contributed by atoms with Gasteiger partial charge in [-0.1, -0.05) is 12.1 Å². The monoisotopic (exact) mass is 404 g/mol. The number of hydrogen-bond donors (Lipinski definition) is 5. The summed E-state index contributed by atoms with van der Waals surface area (Å²) in [6.07, 6.45) is 9.18. The first-order valence-electron chi connectivity index (χ1n) is 9.16. The van der Waals surface area contributed by atoms with Gasteiger partial charge in [-0.15, -0.1) is 0 Å². The molecule has 8 heteroatoms. The standard InChI is InChI=1S/C22H24N6O2/c1-15(25)20(12-23)19-10-11-27-13-17(19)5-9-22(29)28-18-6-2-16(3-7-18)4-8-21(26)30-14-24/h2-3,5-7,9-14,23-24,26H,4,8,25H2,1H3,(H,28,29)/b9-5+,20-15?,23-12?,24-14?,26-21?. The topological polar surface area (TPSA) is 149 Å². The number of allylic oxidation sites excluding steroid dienone is 2. The number of pyridine rings is 1. The van der Waals surface area contributed by atoms with Crippen molar-refractivity contribution >= 4 is 41.8 Å². The number of carbonyl (C=O) groups is 1. The third kappa shape index (κ3) is 6.52. The molecule has 0 aliphatic heterocycles. The molecule has 0 unspecified atom stereocenters. The number of rotatable bonds is 9.